The van der Waals surface area contributed by atoms with E-state index in [-0.39, 0.29) is 12.4 Å². The monoisotopic (exact) mass is 332 g/mol. The number of nitrogens with zero attached hydrogens (tertiary/aromatic N) is 3. The van der Waals surface area contributed by atoms with Crippen molar-refractivity contribution in [2.24, 2.45) is 11.6 Å². The molecular weight excluding hydrogens is 311 g/mol. The number of anilines is 1. The second kappa shape index (κ2) is 7.60. The Kier molecular flexibility index (Phi) is 5.54. The van der Waals surface area contributed by atoms with Crippen LogP contribution in [-0.4, -0.2) is 21.6 Å². The minimum absolute atomic E-state index is 0.130. The summed E-state index contributed by atoms with van der Waals surface area (Å²) in [5, 5.41) is 1.45. The topological polar surface area (TPSA) is 116 Å². The fourth-order valence-electron chi connectivity index (χ4n) is 1.92. The van der Waals surface area contributed by atoms with Crippen molar-refractivity contribution < 1.29 is 9.13 Å². The van der Waals surface area contributed by atoms with Crippen LogP contribution in [0.4, 0.5) is 10.2 Å². The standard InChI is InChI=1S/C16H21FN6O/c1-10(15(18)9-24-14-5-3-13(17)4-6-14)23(20)8-12-7-21-11(2)22-16(12)19/h3-7H,8-9,18,20H2,1-2H3,(H2,19,21,22)/b15-10-. The first kappa shape index (κ1) is 17.5. The molecule has 7 nitrogen and oxygen atoms in total. The van der Waals surface area contributed by atoms with Gasteiger partial charge in [-0.25, -0.2) is 20.2 Å². The molecule has 0 radical (unpaired) electrons. The SMILES string of the molecule is C/C(=C(/N)COc1ccc(F)cc1)N(N)Cc1cnc(C)nc1N. The molecule has 0 saturated heterocycles. The fraction of sp³-hybridized carbons (Fsp3) is 0.250. The number of benzene rings is 1. The van der Waals surface area contributed by atoms with Crippen molar-refractivity contribution in [1.82, 2.24) is 15.0 Å². The third-order valence-electron chi connectivity index (χ3n) is 3.46. The second-order valence-corrected chi connectivity index (χ2v) is 5.31. The normalized spacial score (nSPS) is 11.8. The van der Waals surface area contributed by atoms with Crippen molar-refractivity contribution in [2.75, 3.05) is 12.3 Å². The third kappa shape index (κ3) is 4.56. The smallest absolute Gasteiger partial charge is 0.132 e. The van der Waals surface area contributed by atoms with Gasteiger partial charge in [0.25, 0.3) is 0 Å². The molecule has 128 valence electrons. The van der Waals surface area contributed by atoms with E-state index in [1.54, 1.807) is 20.0 Å². The summed E-state index contributed by atoms with van der Waals surface area (Å²) >= 11 is 0. The maximum absolute atomic E-state index is 12.9. The van der Waals surface area contributed by atoms with Gasteiger partial charge in [0.05, 0.1) is 12.2 Å². The fourth-order valence-corrected chi connectivity index (χ4v) is 1.92. The highest BCUT2D eigenvalue weighted by atomic mass is 19.1. The molecule has 1 heterocycles. The Morgan fingerprint density at radius 1 is 1.29 bits per heavy atom. The average molecular weight is 332 g/mol. The molecular formula is C16H21FN6O. The molecule has 0 aliphatic carbocycles. The quantitative estimate of drug-likeness (QED) is 0.541. The highest BCUT2D eigenvalue weighted by molar-refractivity contribution is 5.37. The molecule has 0 amide bonds. The maximum atomic E-state index is 12.9. The predicted molar refractivity (Wildman–Crippen MR) is 89.7 cm³/mol. The number of nitrogen functional groups attached to an aromatic ring is 1. The summed E-state index contributed by atoms with van der Waals surface area (Å²) in [6.07, 6.45) is 1.63. The van der Waals surface area contributed by atoms with Crippen LogP contribution < -0.4 is 22.0 Å². The minimum atomic E-state index is -0.326. The van der Waals surface area contributed by atoms with E-state index >= 15 is 0 Å². The van der Waals surface area contributed by atoms with Crippen molar-refractivity contribution in [3.63, 3.8) is 0 Å². The molecule has 0 aliphatic heterocycles. The molecule has 0 aliphatic rings. The summed E-state index contributed by atoms with van der Waals surface area (Å²) in [5.74, 6) is 7.20. The van der Waals surface area contributed by atoms with Gasteiger partial charge in [-0.15, -0.1) is 0 Å². The number of allylic oxidation sites excluding steroid dienone is 1. The van der Waals surface area contributed by atoms with Gasteiger partial charge >= 0.3 is 0 Å². The summed E-state index contributed by atoms with van der Waals surface area (Å²) in [5.41, 5.74) is 13.7. The van der Waals surface area contributed by atoms with Crippen LogP contribution in [0.5, 0.6) is 5.75 Å². The lowest BCUT2D eigenvalue weighted by atomic mass is 10.2. The lowest BCUT2D eigenvalue weighted by Gasteiger charge is -2.22. The molecule has 0 atom stereocenters. The molecule has 2 rings (SSSR count). The molecule has 8 heteroatoms. The zero-order chi connectivity index (χ0) is 17.7. The lowest BCUT2D eigenvalue weighted by molar-refractivity contribution is 0.318. The first-order chi connectivity index (χ1) is 11.4. The van der Waals surface area contributed by atoms with Crippen LogP contribution in [0.2, 0.25) is 0 Å². The molecule has 6 N–H and O–H groups in total. The van der Waals surface area contributed by atoms with Gasteiger partial charge in [0.2, 0.25) is 0 Å². The average Bonchev–Trinajstić information content (AvgIpc) is 2.55. The van der Waals surface area contributed by atoms with Crippen molar-refractivity contribution in [3.05, 3.63) is 59.1 Å². The Balaban J connectivity index is 2.00. The summed E-state index contributed by atoms with van der Waals surface area (Å²) in [6, 6.07) is 5.69. The van der Waals surface area contributed by atoms with E-state index in [1.165, 1.54) is 29.3 Å². The van der Waals surface area contributed by atoms with E-state index in [4.69, 9.17) is 22.0 Å². The van der Waals surface area contributed by atoms with E-state index in [2.05, 4.69) is 9.97 Å². The number of hydrogen-bond donors (Lipinski definition) is 3. The van der Waals surface area contributed by atoms with Gasteiger partial charge in [0.1, 0.15) is 29.8 Å². The first-order valence-corrected chi connectivity index (χ1v) is 7.30. The number of hydrazine groups is 1. The Labute approximate surface area is 139 Å². The van der Waals surface area contributed by atoms with E-state index in [0.717, 1.165) is 0 Å². The van der Waals surface area contributed by atoms with Gasteiger partial charge in [0.15, 0.2) is 0 Å². The molecule has 24 heavy (non-hydrogen) atoms. The van der Waals surface area contributed by atoms with Gasteiger partial charge in [-0.1, -0.05) is 0 Å². The van der Waals surface area contributed by atoms with E-state index in [0.29, 0.717) is 40.9 Å². The summed E-state index contributed by atoms with van der Waals surface area (Å²) < 4.78 is 18.4. The number of ether oxygens (including phenoxy) is 1. The van der Waals surface area contributed by atoms with Crippen LogP contribution in [0.25, 0.3) is 0 Å². The zero-order valence-electron chi connectivity index (χ0n) is 13.7. The van der Waals surface area contributed by atoms with Crippen LogP contribution in [0.1, 0.15) is 18.3 Å². The Morgan fingerprint density at radius 2 is 1.96 bits per heavy atom. The third-order valence-corrected chi connectivity index (χ3v) is 3.46. The number of halogens is 1. The van der Waals surface area contributed by atoms with Crippen molar-refractivity contribution >= 4 is 5.82 Å². The molecule has 0 spiro atoms. The number of hydrogen-bond acceptors (Lipinski definition) is 7. The first-order valence-electron chi connectivity index (χ1n) is 7.30. The molecule has 1 aromatic heterocycles. The summed E-state index contributed by atoms with van der Waals surface area (Å²) in [7, 11) is 0. The van der Waals surface area contributed by atoms with Gasteiger partial charge in [-0.2, -0.15) is 0 Å². The molecule has 2 aromatic rings. The Morgan fingerprint density at radius 3 is 2.58 bits per heavy atom. The lowest BCUT2D eigenvalue weighted by Crippen LogP contribution is -2.32. The highest BCUT2D eigenvalue weighted by Crippen LogP contribution is 2.15. The number of nitrogens with two attached hydrogens (primary N) is 3. The van der Waals surface area contributed by atoms with Crippen LogP contribution in [-0.2, 0) is 6.54 Å². The minimum Gasteiger partial charge on any atom is -0.487 e. The maximum Gasteiger partial charge on any atom is 0.132 e. The molecule has 0 fully saturated rings. The van der Waals surface area contributed by atoms with E-state index in [1.807, 2.05) is 0 Å². The summed E-state index contributed by atoms with van der Waals surface area (Å²) in [4.78, 5) is 8.20. The van der Waals surface area contributed by atoms with Crippen molar-refractivity contribution in [1.29, 1.82) is 0 Å². The van der Waals surface area contributed by atoms with Crippen molar-refractivity contribution in [2.45, 2.75) is 20.4 Å². The van der Waals surface area contributed by atoms with Crippen LogP contribution in [0.3, 0.4) is 0 Å². The molecule has 0 unspecified atom stereocenters. The van der Waals surface area contributed by atoms with Crippen LogP contribution in [0.15, 0.2) is 41.9 Å². The van der Waals surface area contributed by atoms with Gasteiger partial charge in [-0.3, -0.25) is 0 Å². The van der Waals surface area contributed by atoms with E-state index < -0.39 is 0 Å². The highest BCUT2D eigenvalue weighted by Gasteiger charge is 2.10. The number of aryl methyl sites for hydroxylation is 1. The Hall–Kier alpha value is -2.87. The largest absolute Gasteiger partial charge is 0.487 e. The zero-order valence-corrected chi connectivity index (χ0v) is 13.7. The predicted octanol–water partition coefficient (Wildman–Crippen LogP) is 1.45. The van der Waals surface area contributed by atoms with Crippen LogP contribution in [0, 0.1) is 12.7 Å². The molecule has 0 saturated carbocycles. The van der Waals surface area contributed by atoms with Crippen LogP contribution >= 0.6 is 0 Å². The van der Waals surface area contributed by atoms with Gasteiger partial charge < -0.3 is 21.2 Å². The summed E-state index contributed by atoms with van der Waals surface area (Å²) in [6.45, 7) is 3.98. The Bertz CT molecular complexity index is 732. The molecule has 1 aromatic carbocycles. The van der Waals surface area contributed by atoms with Gasteiger partial charge in [0, 0.05) is 17.5 Å². The number of aromatic nitrogens is 2. The second-order valence-electron chi connectivity index (χ2n) is 5.31. The number of rotatable bonds is 6. The van der Waals surface area contributed by atoms with Crippen molar-refractivity contribution in [3.8, 4) is 5.75 Å². The molecule has 0 bridgehead atoms. The van der Waals surface area contributed by atoms with E-state index in [9.17, 15) is 4.39 Å². The van der Waals surface area contributed by atoms with Gasteiger partial charge in [-0.05, 0) is 38.1 Å².